The van der Waals surface area contributed by atoms with Crippen LogP contribution in [0.25, 0.3) is 11.0 Å². The first kappa shape index (κ1) is 12.9. The van der Waals surface area contributed by atoms with Crippen molar-refractivity contribution in [2.24, 2.45) is 0 Å². The molecule has 2 aromatic heterocycles. The number of aryl methyl sites for hydroxylation is 1. The summed E-state index contributed by atoms with van der Waals surface area (Å²) in [4.78, 5) is 15.9. The van der Waals surface area contributed by atoms with Crippen LogP contribution >= 0.6 is 11.8 Å². The third-order valence-corrected chi connectivity index (χ3v) is 3.99. The second kappa shape index (κ2) is 5.51. The molecule has 100 valence electrons. The van der Waals surface area contributed by atoms with E-state index in [1.54, 1.807) is 24.0 Å². The molecule has 20 heavy (non-hydrogen) atoms. The summed E-state index contributed by atoms with van der Waals surface area (Å²) in [6.45, 7) is 2.03. The summed E-state index contributed by atoms with van der Waals surface area (Å²) >= 11 is 1.61. The molecule has 0 amide bonds. The maximum absolute atomic E-state index is 11.6. The fourth-order valence-corrected chi connectivity index (χ4v) is 2.90. The largest absolute Gasteiger partial charge is 0.423 e. The normalized spacial score (nSPS) is 10.8. The van der Waals surface area contributed by atoms with Gasteiger partial charge in [0.2, 0.25) is 0 Å². The van der Waals surface area contributed by atoms with Gasteiger partial charge in [0.05, 0.1) is 5.03 Å². The average molecular weight is 283 g/mol. The van der Waals surface area contributed by atoms with Crippen LogP contribution in [-0.4, -0.2) is 4.98 Å². The van der Waals surface area contributed by atoms with Crippen LogP contribution < -0.4 is 5.63 Å². The SMILES string of the molecule is Cc1ccc2oc(=O)cc(CSc3ccccn3)c2c1. The van der Waals surface area contributed by atoms with Gasteiger partial charge in [0, 0.05) is 23.4 Å². The number of fused-ring (bicyclic) bond motifs is 1. The van der Waals surface area contributed by atoms with E-state index in [1.165, 1.54) is 0 Å². The fourth-order valence-electron chi connectivity index (χ4n) is 2.05. The minimum Gasteiger partial charge on any atom is -0.423 e. The first-order valence-electron chi connectivity index (χ1n) is 6.29. The molecule has 0 spiro atoms. The summed E-state index contributed by atoms with van der Waals surface area (Å²) in [5.74, 6) is 0.697. The number of hydrogen-bond donors (Lipinski definition) is 0. The maximum Gasteiger partial charge on any atom is 0.336 e. The number of hydrogen-bond acceptors (Lipinski definition) is 4. The van der Waals surface area contributed by atoms with Gasteiger partial charge in [0.15, 0.2) is 0 Å². The number of pyridine rings is 1. The van der Waals surface area contributed by atoms with Crippen molar-refractivity contribution >= 4 is 22.7 Å². The van der Waals surface area contributed by atoms with Crippen molar-refractivity contribution in [3.8, 4) is 0 Å². The molecule has 2 heterocycles. The zero-order chi connectivity index (χ0) is 13.9. The monoisotopic (exact) mass is 283 g/mol. The van der Waals surface area contributed by atoms with Crippen LogP contribution in [0.4, 0.5) is 0 Å². The first-order chi connectivity index (χ1) is 9.72. The van der Waals surface area contributed by atoms with Crippen LogP contribution in [0.2, 0.25) is 0 Å². The van der Waals surface area contributed by atoms with Crippen molar-refractivity contribution in [1.82, 2.24) is 4.98 Å². The molecule has 0 bridgehead atoms. The predicted molar refractivity (Wildman–Crippen MR) is 81.0 cm³/mol. The van der Waals surface area contributed by atoms with Gasteiger partial charge in [-0.15, -0.1) is 11.8 Å². The lowest BCUT2D eigenvalue weighted by Crippen LogP contribution is -2.00. The molecular formula is C16H13NO2S. The Labute approximate surface area is 120 Å². The molecule has 0 aliphatic carbocycles. The van der Waals surface area contributed by atoms with Crippen LogP contribution in [0.3, 0.4) is 0 Å². The minimum atomic E-state index is -0.307. The Bertz CT molecular complexity index is 796. The number of rotatable bonds is 3. The molecule has 0 fully saturated rings. The van der Waals surface area contributed by atoms with Gasteiger partial charge in [0.25, 0.3) is 0 Å². The molecule has 3 rings (SSSR count). The molecule has 3 nitrogen and oxygen atoms in total. The molecule has 0 atom stereocenters. The van der Waals surface area contributed by atoms with Crippen molar-refractivity contribution in [3.05, 3.63) is 70.2 Å². The van der Waals surface area contributed by atoms with Crippen molar-refractivity contribution in [3.63, 3.8) is 0 Å². The van der Waals surface area contributed by atoms with Gasteiger partial charge in [-0.3, -0.25) is 0 Å². The highest BCUT2D eigenvalue weighted by Crippen LogP contribution is 2.25. The van der Waals surface area contributed by atoms with E-state index in [2.05, 4.69) is 4.98 Å². The van der Waals surface area contributed by atoms with Crippen LogP contribution in [-0.2, 0) is 5.75 Å². The lowest BCUT2D eigenvalue weighted by molar-refractivity contribution is 0.559. The van der Waals surface area contributed by atoms with Gasteiger partial charge in [-0.05, 0) is 36.8 Å². The highest BCUT2D eigenvalue weighted by Gasteiger charge is 2.07. The molecule has 0 saturated heterocycles. The van der Waals surface area contributed by atoms with Gasteiger partial charge >= 0.3 is 5.63 Å². The molecule has 3 aromatic rings. The van der Waals surface area contributed by atoms with Crippen molar-refractivity contribution in [1.29, 1.82) is 0 Å². The predicted octanol–water partition coefficient (Wildman–Crippen LogP) is 3.79. The van der Waals surface area contributed by atoms with E-state index in [0.29, 0.717) is 11.3 Å². The quantitative estimate of drug-likeness (QED) is 0.542. The van der Waals surface area contributed by atoms with Crippen LogP contribution in [0, 0.1) is 6.92 Å². The Balaban J connectivity index is 1.98. The van der Waals surface area contributed by atoms with Crippen LogP contribution in [0.5, 0.6) is 0 Å². The third kappa shape index (κ3) is 2.75. The maximum atomic E-state index is 11.6. The van der Waals surface area contributed by atoms with Crippen molar-refractivity contribution in [2.75, 3.05) is 0 Å². The van der Waals surface area contributed by atoms with Gasteiger partial charge in [-0.25, -0.2) is 9.78 Å². The lowest BCUT2D eigenvalue weighted by atomic mass is 10.1. The van der Waals surface area contributed by atoms with Gasteiger partial charge < -0.3 is 4.42 Å². The van der Waals surface area contributed by atoms with Crippen LogP contribution in [0.15, 0.2) is 62.9 Å². The Morgan fingerprint density at radius 2 is 2.10 bits per heavy atom. The van der Waals surface area contributed by atoms with Crippen molar-refractivity contribution < 1.29 is 4.42 Å². The van der Waals surface area contributed by atoms with E-state index in [0.717, 1.165) is 21.5 Å². The number of nitrogens with zero attached hydrogens (tertiary/aromatic N) is 1. The molecule has 0 saturated carbocycles. The Morgan fingerprint density at radius 1 is 1.20 bits per heavy atom. The number of benzene rings is 1. The summed E-state index contributed by atoms with van der Waals surface area (Å²) < 4.78 is 5.23. The molecule has 0 unspecified atom stereocenters. The topological polar surface area (TPSA) is 43.1 Å². The van der Waals surface area contributed by atoms with E-state index in [4.69, 9.17) is 4.42 Å². The van der Waals surface area contributed by atoms with E-state index in [9.17, 15) is 4.79 Å². The molecule has 0 aliphatic rings. The second-order valence-corrected chi connectivity index (χ2v) is 5.54. The van der Waals surface area contributed by atoms with E-state index >= 15 is 0 Å². The zero-order valence-electron chi connectivity index (χ0n) is 11.0. The number of aromatic nitrogens is 1. The fraction of sp³-hybridized carbons (Fsp3) is 0.125. The summed E-state index contributed by atoms with van der Waals surface area (Å²) in [6.07, 6.45) is 1.77. The molecule has 0 radical (unpaired) electrons. The third-order valence-electron chi connectivity index (χ3n) is 3.00. The zero-order valence-corrected chi connectivity index (χ0v) is 11.8. The smallest absolute Gasteiger partial charge is 0.336 e. The second-order valence-electron chi connectivity index (χ2n) is 4.55. The van der Waals surface area contributed by atoms with E-state index < -0.39 is 0 Å². The molecule has 4 heteroatoms. The molecular weight excluding hydrogens is 270 g/mol. The van der Waals surface area contributed by atoms with Crippen LogP contribution in [0.1, 0.15) is 11.1 Å². The number of thioether (sulfide) groups is 1. The standard InChI is InChI=1S/C16H13NO2S/c1-11-5-6-14-13(8-11)12(9-16(18)19-14)10-20-15-4-2-3-7-17-15/h2-9H,10H2,1H3. The summed E-state index contributed by atoms with van der Waals surface area (Å²) in [6, 6.07) is 13.2. The Hall–Kier alpha value is -2.07. The molecule has 1 aromatic carbocycles. The Kier molecular flexibility index (Phi) is 3.56. The molecule has 0 N–H and O–H groups in total. The Morgan fingerprint density at radius 3 is 2.90 bits per heavy atom. The summed E-state index contributed by atoms with van der Waals surface area (Å²) in [5, 5.41) is 1.94. The molecule has 0 aliphatic heterocycles. The summed E-state index contributed by atoms with van der Waals surface area (Å²) in [7, 11) is 0. The highest BCUT2D eigenvalue weighted by atomic mass is 32.2. The average Bonchev–Trinajstić information content (AvgIpc) is 2.46. The first-order valence-corrected chi connectivity index (χ1v) is 7.28. The van der Waals surface area contributed by atoms with Crippen molar-refractivity contribution in [2.45, 2.75) is 17.7 Å². The summed E-state index contributed by atoms with van der Waals surface area (Å²) in [5.41, 5.74) is 2.46. The highest BCUT2D eigenvalue weighted by molar-refractivity contribution is 7.98. The van der Waals surface area contributed by atoms with Gasteiger partial charge in [-0.2, -0.15) is 0 Å². The van der Waals surface area contributed by atoms with Gasteiger partial charge in [0.1, 0.15) is 5.58 Å². The van der Waals surface area contributed by atoms with E-state index in [-0.39, 0.29) is 5.63 Å². The van der Waals surface area contributed by atoms with Gasteiger partial charge in [-0.1, -0.05) is 17.7 Å². The minimum absolute atomic E-state index is 0.307. The van der Waals surface area contributed by atoms with E-state index in [1.807, 2.05) is 43.3 Å². The lowest BCUT2D eigenvalue weighted by Gasteiger charge is -2.05.